The highest BCUT2D eigenvalue weighted by Gasteiger charge is 2.28. The molecule has 2 heterocycles. The highest BCUT2D eigenvalue weighted by Crippen LogP contribution is 2.35. The van der Waals surface area contributed by atoms with Crippen LogP contribution in [0.2, 0.25) is 0 Å². The number of hydrogen-bond acceptors (Lipinski definition) is 5. The third kappa shape index (κ3) is 3.13. The molecule has 0 saturated heterocycles. The quantitative estimate of drug-likeness (QED) is 0.499. The third-order valence-electron chi connectivity index (χ3n) is 4.67. The lowest BCUT2D eigenvalue weighted by Gasteiger charge is -2.05. The highest BCUT2D eigenvalue weighted by molar-refractivity contribution is 6.15. The lowest BCUT2D eigenvalue weighted by atomic mass is 10.1. The van der Waals surface area contributed by atoms with Crippen LogP contribution in [-0.2, 0) is 16.1 Å². The molecule has 6 heteroatoms. The Bertz CT molecular complexity index is 1110. The Morgan fingerprint density at radius 2 is 2.04 bits per heavy atom. The smallest absolute Gasteiger partial charge is 0.343 e. The number of carbonyl (C=O) groups excluding carboxylic acids is 2. The van der Waals surface area contributed by atoms with Gasteiger partial charge in [-0.25, -0.2) is 4.79 Å². The zero-order chi connectivity index (χ0) is 19.7. The number of allylic oxidation sites excluding steroid dienone is 1. The highest BCUT2D eigenvalue weighted by atomic mass is 16.6. The molecule has 3 aromatic rings. The number of esters is 1. The number of ketones is 1. The summed E-state index contributed by atoms with van der Waals surface area (Å²) in [5.41, 5.74) is 2.50. The maximum absolute atomic E-state index is 12.7. The number of nitrogens with zero attached hydrogens (tertiary/aromatic N) is 1. The minimum absolute atomic E-state index is 0.178. The standard InChI is InChI=1S/C22H19NO5/c1-3-23-12-14(16-6-4-5-7-18(16)23)10-20-22(25)17-9-8-15(11-19(17)28-20)27-13-21(24)26-2/h4-12H,3,13H2,1-2H3. The van der Waals surface area contributed by atoms with Gasteiger partial charge in [0.15, 0.2) is 12.4 Å². The van der Waals surface area contributed by atoms with E-state index in [1.807, 2.05) is 24.4 Å². The molecule has 0 radical (unpaired) electrons. The molecule has 0 atom stereocenters. The van der Waals surface area contributed by atoms with Crippen LogP contribution in [0.15, 0.2) is 54.4 Å². The van der Waals surface area contributed by atoms with Crippen molar-refractivity contribution < 1.29 is 23.8 Å². The summed E-state index contributed by atoms with van der Waals surface area (Å²) in [5, 5.41) is 1.06. The number of Topliss-reactive ketones (excluding diaryl/α,β-unsaturated/α-hetero) is 1. The number of ether oxygens (including phenoxy) is 3. The van der Waals surface area contributed by atoms with Crippen molar-refractivity contribution >= 4 is 28.7 Å². The van der Waals surface area contributed by atoms with E-state index in [-0.39, 0.29) is 18.1 Å². The number of aromatic nitrogens is 1. The molecule has 0 bridgehead atoms. The molecule has 28 heavy (non-hydrogen) atoms. The van der Waals surface area contributed by atoms with Crippen molar-refractivity contribution in [3.63, 3.8) is 0 Å². The molecule has 0 spiro atoms. The molecule has 1 aromatic heterocycles. The SMILES string of the molecule is CCn1cc(C=C2Oc3cc(OCC(=O)OC)ccc3C2=O)c2ccccc21. The number of methoxy groups -OCH3 is 1. The summed E-state index contributed by atoms with van der Waals surface area (Å²) in [4.78, 5) is 23.9. The topological polar surface area (TPSA) is 66.8 Å². The summed E-state index contributed by atoms with van der Waals surface area (Å²) >= 11 is 0. The molecular formula is C22H19NO5. The molecule has 142 valence electrons. The second kappa shape index (κ2) is 7.23. The van der Waals surface area contributed by atoms with Gasteiger partial charge in [0, 0.05) is 35.3 Å². The molecule has 0 fully saturated rings. The Labute approximate surface area is 161 Å². The monoisotopic (exact) mass is 377 g/mol. The summed E-state index contributed by atoms with van der Waals surface area (Å²) in [7, 11) is 1.29. The summed E-state index contributed by atoms with van der Waals surface area (Å²) in [6.45, 7) is 2.70. The number of fused-ring (bicyclic) bond motifs is 2. The molecule has 0 aliphatic carbocycles. The van der Waals surface area contributed by atoms with E-state index in [9.17, 15) is 9.59 Å². The first-order valence-electron chi connectivity index (χ1n) is 8.96. The van der Waals surface area contributed by atoms with Crippen LogP contribution in [0, 0.1) is 0 Å². The molecule has 0 amide bonds. The predicted molar refractivity (Wildman–Crippen MR) is 105 cm³/mol. The Hall–Kier alpha value is -3.54. The molecule has 1 aliphatic rings. The number of benzene rings is 2. The van der Waals surface area contributed by atoms with E-state index in [0.29, 0.717) is 17.1 Å². The largest absolute Gasteiger partial charge is 0.482 e. The number of rotatable bonds is 5. The van der Waals surface area contributed by atoms with Crippen LogP contribution in [0.1, 0.15) is 22.8 Å². The molecular weight excluding hydrogens is 358 g/mol. The zero-order valence-corrected chi connectivity index (χ0v) is 15.6. The maximum atomic E-state index is 12.7. The van der Waals surface area contributed by atoms with E-state index in [0.717, 1.165) is 23.0 Å². The average Bonchev–Trinajstić information content (AvgIpc) is 3.24. The number of aryl methyl sites for hydroxylation is 1. The fourth-order valence-electron chi connectivity index (χ4n) is 3.25. The van der Waals surface area contributed by atoms with E-state index in [1.165, 1.54) is 7.11 Å². The van der Waals surface area contributed by atoms with Gasteiger partial charge in [-0.3, -0.25) is 4.79 Å². The molecule has 0 saturated carbocycles. The fraction of sp³-hybridized carbons (Fsp3) is 0.182. The average molecular weight is 377 g/mol. The van der Waals surface area contributed by atoms with E-state index < -0.39 is 5.97 Å². The Kier molecular flexibility index (Phi) is 4.61. The van der Waals surface area contributed by atoms with Crippen molar-refractivity contribution in [3.8, 4) is 11.5 Å². The lowest BCUT2D eigenvalue weighted by molar-refractivity contribution is -0.142. The van der Waals surface area contributed by atoms with Gasteiger partial charge < -0.3 is 18.8 Å². The van der Waals surface area contributed by atoms with Gasteiger partial charge in [0.2, 0.25) is 5.78 Å². The van der Waals surface area contributed by atoms with Crippen molar-refractivity contribution in [2.75, 3.05) is 13.7 Å². The summed E-state index contributed by atoms with van der Waals surface area (Å²) < 4.78 is 17.8. The molecule has 6 nitrogen and oxygen atoms in total. The van der Waals surface area contributed by atoms with Gasteiger partial charge in [-0.15, -0.1) is 0 Å². The van der Waals surface area contributed by atoms with Crippen LogP contribution in [-0.4, -0.2) is 30.0 Å². The van der Waals surface area contributed by atoms with Crippen LogP contribution >= 0.6 is 0 Å². The van der Waals surface area contributed by atoms with E-state index in [1.54, 1.807) is 24.3 Å². The molecule has 4 rings (SSSR count). The summed E-state index contributed by atoms with van der Waals surface area (Å²) in [6, 6.07) is 12.9. The lowest BCUT2D eigenvalue weighted by Crippen LogP contribution is -2.12. The zero-order valence-electron chi connectivity index (χ0n) is 15.6. The maximum Gasteiger partial charge on any atom is 0.343 e. The van der Waals surface area contributed by atoms with Crippen LogP contribution < -0.4 is 9.47 Å². The van der Waals surface area contributed by atoms with Gasteiger partial charge in [-0.05, 0) is 31.2 Å². The van der Waals surface area contributed by atoms with Crippen molar-refractivity contribution in [3.05, 3.63) is 65.5 Å². The van der Waals surface area contributed by atoms with Crippen LogP contribution in [0.3, 0.4) is 0 Å². The number of para-hydroxylation sites is 1. The second-order valence-corrected chi connectivity index (χ2v) is 6.35. The van der Waals surface area contributed by atoms with Crippen LogP contribution in [0.5, 0.6) is 11.5 Å². The van der Waals surface area contributed by atoms with Crippen LogP contribution in [0.4, 0.5) is 0 Å². The van der Waals surface area contributed by atoms with Crippen molar-refractivity contribution in [1.29, 1.82) is 0 Å². The minimum Gasteiger partial charge on any atom is -0.482 e. The number of hydrogen-bond donors (Lipinski definition) is 0. The summed E-state index contributed by atoms with van der Waals surface area (Å²) in [6.07, 6.45) is 3.79. The van der Waals surface area contributed by atoms with Crippen LogP contribution in [0.25, 0.3) is 17.0 Å². The molecule has 0 N–H and O–H groups in total. The van der Waals surface area contributed by atoms with E-state index >= 15 is 0 Å². The van der Waals surface area contributed by atoms with Gasteiger partial charge in [0.05, 0.1) is 12.7 Å². The normalized spacial score (nSPS) is 14.2. The Morgan fingerprint density at radius 3 is 2.82 bits per heavy atom. The molecule has 2 aromatic carbocycles. The first-order valence-corrected chi connectivity index (χ1v) is 8.96. The minimum atomic E-state index is -0.481. The van der Waals surface area contributed by atoms with Crippen molar-refractivity contribution in [2.24, 2.45) is 0 Å². The van der Waals surface area contributed by atoms with Gasteiger partial charge >= 0.3 is 5.97 Å². The van der Waals surface area contributed by atoms with Crippen molar-refractivity contribution in [1.82, 2.24) is 4.57 Å². The molecule has 0 unspecified atom stereocenters. The Balaban J connectivity index is 1.63. The van der Waals surface area contributed by atoms with Gasteiger partial charge in [-0.1, -0.05) is 18.2 Å². The number of carbonyl (C=O) groups is 2. The predicted octanol–water partition coefficient (Wildman–Crippen LogP) is 3.83. The summed E-state index contributed by atoms with van der Waals surface area (Å²) in [5.74, 6) is 0.450. The second-order valence-electron chi connectivity index (χ2n) is 6.35. The van der Waals surface area contributed by atoms with E-state index in [2.05, 4.69) is 22.3 Å². The Morgan fingerprint density at radius 1 is 1.21 bits per heavy atom. The van der Waals surface area contributed by atoms with Crippen molar-refractivity contribution in [2.45, 2.75) is 13.5 Å². The third-order valence-corrected chi connectivity index (χ3v) is 4.67. The first kappa shape index (κ1) is 17.9. The fourth-order valence-corrected chi connectivity index (χ4v) is 3.25. The van der Waals surface area contributed by atoms with E-state index in [4.69, 9.17) is 9.47 Å². The first-order chi connectivity index (χ1) is 13.6. The van der Waals surface area contributed by atoms with Gasteiger partial charge in [-0.2, -0.15) is 0 Å². The van der Waals surface area contributed by atoms with Gasteiger partial charge in [0.25, 0.3) is 0 Å². The van der Waals surface area contributed by atoms with Gasteiger partial charge in [0.1, 0.15) is 11.5 Å². The molecule has 1 aliphatic heterocycles.